The first-order valence-electron chi connectivity index (χ1n) is 8.40. The standard InChI is InChI=1S/C14H21NO3/c1-12(2,3)18-11(17)15-8-13(4-5-13)10(16)14(9-15)6-7-14/h4-9H2,1-3H3/i8D2,9D2. The van der Waals surface area contributed by atoms with Gasteiger partial charge in [0.2, 0.25) is 0 Å². The first kappa shape index (κ1) is 8.18. The van der Waals surface area contributed by atoms with Crippen molar-refractivity contribution in [3.63, 3.8) is 0 Å². The quantitative estimate of drug-likeness (QED) is 0.667. The van der Waals surface area contributed by atoms with E-state index in [1.165, 1.54) is 0 Å². The Morgan fingerprint density at radius 3 is 2.00 bits per heavy atom. The molecule has 3 rings (SSSR count). The van der Waals surface area contributed by atoms with Gasteiger partial charge in [-0.3, -0.25) is 4.79 Å². The third-order valence-electron chi connectivity index (χ3n) is 3.60. The van der Waals surface area contributed by atoms with Gasteiger partial charge < -0.3 is 9.64 Å². The number of Topliss-reactive ketones (excluding diaryl/α,β-unsaturated/α-hetero) is 1. The fraction of sp³-hybridized carbons (Fsp3) is 0.857. The van der Waals surface area contributed by atoms with Crippen LogP contribution in [0.5, 0.6) is 0 Å². The van der Waals surface area contributed by atoms with Crippen LogP contribution in [0.15, 0.2) is 0 Å². The Kier molecular flexibility index (Phi) is 1.49. The van der Waals surface area contributed by atoms with Gasteiger partial charge in [0, 0.05) is 23.8 Å². The molecule has 4 nitrogen and oxygen atoms in total. The Labute approximate surface area is 113 Å². The Morgan fingerprint density at radius 1 is 1.22 bits per heavy atom. The number of rotatable bonds is 0. The van der Waals surface area contributed by atoms with Crippen LogP contribution in [0.25, 0.3) is 0 Å². The first-order valence-corrected chi connectivity index (χ1v) is 6.40. The van der Waals surface area contributed by atoms with Crippen molar-refractivity contribution in [3.05, 3.63) is 0 Å². The monoisotopic (exact) mass is 255 g/mol. The average molecular weight is 255 g/mol. The highest BCUT2D eigenvalue weighted by Crippen LogP contribution is 2.61. The van der Waals surface area contributed by atoms with E-state index in [0.717, 1.165) is 0 Å². The zero-order chi connectivity index (χ0) is 16.8. The number of carbonyl (C=O) groups is 2. The van der Waals surface area contributed by atoms with Gasteiger partial charge >= 0.3 is 6.09 Å². The van der Waals surface area contributed by atoms with Gasteiger partial charge in [-0.1, -0.05) is 0 Å². The van der Waals surface area contributed by atoms with Crippen LogP contribution in [0.1, 0.15) is 51.9 Å². The third kappa shape index (κ3) is 1.82. The molecular weight excluding hydrogens is 230 g/mol. The topological polar surface area (TPSA) is 46.6 Å². The lowest BCUT2D eigenvalue weighted by molar-refractivity contribution is -0.134. The van der Waals surface area contributed by atoms with Crippen molar-refractivity contribution < 1.29 is 19.8 Å². The Balaban J connectivity index is 2.06. The molecule has 3 aliphatic rings. The summed E-state index contributed by atoms with van der Waals surface area (Å²) < 4.78 is 38.5. The molecule has 3 fully saturated rings. The fourth-order valence-corrected chi connectivity index (χ4v) is 2.34. The molecule has 1 heterocycles. The molecule has 0 N–H and O–H groups in total. The number of hydrogen-bond acceptors (Lipinski definition) is 3. The second-order valence-electron chi connectivity index (χ2n) is 6.53. The molecule has 1 saturated heterocycles. The number of amides is 1. The Hall–Kier alpha value is -1.06. The lowest BCUT2D eigenvalue weighted by atomic mass is 9.83. The SMILES string of the molecule is [2H]C1([2H])N(C(=O)OC(C)(C)C)C([2H])([2H])C2(CC2)C(=O)C12CC2. The minimum absolute atomic E-state index is 0.352. The molecule has 1 amide bonds. The second kappa shape index (κ2) is 3.28. The highest BCUT2D eigenvalue weighted by atomic mass is 16.6. The number of likely N-dealkylation sites (tertiary alicyclic amines) is 1. The molecule has 0 radical (unpaired) electrons. The van der Waals surface area contributed by atoms with Gasteiger partial charge in [0.1, 0.15) is 11.4 Å². The predicted molar refractivity (Wildman–Crippen MR) is 66.1 cm³/mol. The highest BCUT2D eigenvalue weighted by Gasteiger charge is 2.66. The highest BCUT2D eigenvalue weighted by molar-refractivity contribution is 5.96. The van der Waals surface area contributed by atoms with Gasteiger partial charge in [0.05, 0.1) is 5.48 Å². The van der Waals surface area contributed by atoms with E-state index in [9.17, 15) is 9.59 Å². The summed E-state index contributed by atoms with van der Waals surface area (Å²) in [6.07, 6.45) is 0.394. The summed E-state index contributed by atoms with van der Waals surface area (Å²) in [5.41, 5.74) is -3.38. The van der Waals surface area contributed by atoms with E-state index in [1.54, 1.807) is 20.8 Å². The van der Waals surface area contributed by atoms with E-state index in [1.807, 2.05) is 0 Å². The lowest BCUT2D eigenvalue weighted by Crippen LogP contribution is -2.52. The summed E-state index contributed by atoms with van der Waals surface area (Å²) in [4.78, 5) is 25.8. The van der Waals surface area contributed by atoms with Crippen molar-refractivity contribution in [1.29, 1.82) is 0 Å². The number of nitrogens with zero attached hydrogens (tertiary/aromatic N) is 1. The van der Waals surface area contributed by atoms with Gasteiger partial charge in [-0.05, 0) is 46.5 Å². The number of piperidine rings is 1. The van der Waals surface area contributed by atoms with Crippen LogP contribution in [0.2, 0.25) is 0 Å². The first-order chi connectivity index (χ1) is 9.82. The molecule has 2 aliphatic carbocycles. The van der Waals surface area contributed by atoms with Gasteiger partial charge in [-0.2, -0.15) is 0 Å². The third-order valence-corrected chi connectivity index (χ3v) is 3.60. The molecule has 0 aromatic carbocycles. The molecule has 0 aromatic heterocycles. The Bertz CT molecular complexity index is 525. The molecule has 1 aliphatic heterocycles. The zero-order valence-corrected chi connectivity index (χ0v) is 11.0. The van der Waals surface area contributed by atoms with Gasteiger partial charge in [0.15, 0.2) is 0 Å². The molecular formula is C14H21NO3. The molecule has 0 aromatic rings. The number of ether oxygens (including phenoxy) is 1. The van der Waals surface area contributed by atoms with E-state index in [4.69, 9.17) is 10.2 Å². The molecule has 0 unspecified atom stereocenters. The molecule has 4 heteroatoms. The predicted octanol–water partition coefficient (Wildman–Crippen LogP) is 2.37. The van der Waals surface area contributed by atoms with Crippen molar-refractivity contribution in [1.82, 2.24) is 4.90 Å². The van der Waals surface area contributed by atoms with E-state index in [2.05, 4.69) is 0 Å². The van der Waals surface area contributed by atoms with Gasteiger partial charge in [-0.15, -0.1) is 0 Å². The normalized spacial score (nSPS) is 36.4. The molecule has 0 atom stereocenters. The van der Waals surface area contributed by atoms with Crippen LogP contribution in [0.3, 0.4) is 0 Å². The van der Waals surface area contributed by atoms with Crippen molar-refractivity contribution >= 4 is 11.9 Å². The van der Waals surface area contributed by atoms with Crippen molar-refractivity contribution in [2.45, 2.75) is 52.1 Å². The average Bonchev–Trinajstić information content (AvgIpc) is 3.18. The summed E-state index contributed by atoms with van der Waals surface area (Å²) in [5, 5.41) is 0. The van der Waals surface area contributed by atoms with Gasteiger partial charge in [-0.25, -0.2) is 4.79 Å². The maximum Gasteiger partial charge on any atom is 0.410 e. The number of carbonyl (C=O) groups excluding carboxylic acids is 2. The van der Waals surface area contributed by atoms with Crippen LogP contribution in [0.4, 0.5) is 4.79 Å². The van der Waals surface area contributed by atoms with E-state index in [0.29, 0.717) is 30.6 Å². The van der Waals surface area contributed by atoms with Gasteiger partial charge in [0.25, 0.3) is 0 Å². The lowest BCUT2D eigenvalue weighted by Gasteiger charge is -2.38. The van der Waals surface area contributed by atoms with Crippen LogP contribution >= 0.6 is 0 Å². The van der Waals surface area contributed by atoms with E-state index in [-0.39, 0.29) is 5.78 Å². The molecule has 100 valence electrons. The van der Waals surface area contributed by atoms with Crippen LogP contribution in [-0.2, 0) is 9.53 Å². The molecule has 2 saturated carbocycles. The fourth-order valence-electron chi connectivity index (χ4n) is 2.34. The summed E-state index contributed by atoms with van der Waals surface area (Å²) in [6, 6.07) is 0. The smallest absolute Gasteiger partial charge is 0.410 e. The van der Waals surface area contributed by atoms with Crippen LogP contribution in [0, 0.1) is 10.8 Å². The molecule has 2 spiro atoms. The number of hydrogen-bond donors (Lipinski definition) is 0. The minimum Gasteiger partial charge on any atom is -0.444 e. The van der Waals surface area contributed by atoms with Crippen LogP contribution in [-0.4, -0.2) is 35.4 Å². The van der Waals surface area contributed by atoms with E-state index >= 15 is 0 Å². The molecule has 18 heavy (non-hydrogen) atoms. The maximum absolute atomic E-state index is 12.7. The number of ketones is 1. The van der Waals surface area contributed by atoms with Crippen molar-refractivity contribution in [2.24, 2.45) is 10.8 Å². The van der Waals surface area contributed by atoms with Crippen LogP contribution < -0.4 is 0 Å². The summed E-state index contributed by atoms with van der Waals surface area (Å²) in [6.45, 7) is 0.189. The van der Waals surface area contributed by atoms with Crippen molar-refractivity contribution in [2.75, 3.05) is 13.0 Å². The van der Waals surface area contributed by atoms with Crippen molar-refractivity contribution in [3.8, 4) is 0 Å². The largest absolute Gasteiger partial charge is 0.444 e. The maximum atomic E-state index is 12.7. The summed E-state index contributed by atoms with van der Waals surface area (Å²) in [7, 11) is 0. The summed E-state index contributed by atoms with van der Waals surface area (Å²) >= 11 is 0. The minimum atomic E-state index is -2.37. The Morgan fingerprint density at radius 2 is 1.67 bits per heavy atom. The summed E-state index contributed by atoms with van der Waals surface area (Å²) in [5.74, 6) is -0.352. The van der Waals surface area contributed by atoms with E-state index < -0.39 is 35.5 Å². The second-order valence-corrected chi connectivity index (χ2v) is 6.53. The molecule has 0 bridgehead atoms. The zero-order valence-electron chi connectivity index (χ0n) is 15.0.